The van der Waals surface area contributed by atoms with Crippen molar-refractivity contribution in [1.29, 1.82) is 0 Å². The molecule has 0 bridgehead atoms. The smallest absolute Gasteiger partial charge is 0.290 e. The second-order valence-electron chi connectivity index (χ2n) is 5.73. The Labute approximate surface area is 150 Å². The normalized spacial score (nSPS) is 17.4. The van der Waals surface area contributed by atoms with Gasteiger partial charge in [-0.3, -0.25) is 9.59 Å². The third kappa shape index (κ3) is 3.36. The summed E-state index contributed by atoms with van der Waals surface area (Å²) in [6, 6.07) is 12.2. The first-order valence-electron chi connectivity index (χ1n) is 8.01. The summed E-state index contributed by atoms with van der Waals surface area (Å²) in [5.41, 5.74) is 0.952. The summed E-state index contributed by atoms with van der Waals surface area (Å²) in [5, 5.41) is 12.2. The minimum absolute atomic E-state index is 0.149. The van der Waals surface area contributed by atoms with Crippen LogP contribution in [0.25, 0.3) is 0 Å². The Bertz CT molecular complexity index is 783. The van der Waals surface area contributed by atoms with Crippen LogP contribution in [-0.4, -0.2) is 42.0 Å². The van der Waals surface area contributed by atoms with Gasteiger partial charge in [0.05, 0.1) is 16.5 Å². The van der Waals surface area contributed by atoms with E-state index in [1.165, 1.54) is 11.3 Å². The van der Waals surface area contributed by atoms with Crippen LogP contribution in [0.5, 0.6) is 0 Å². The molecular formula is C19H19NO4S. The first-order chi connectivity index (χ1) is 12.1. The van der Waals surface area contributed by atoms with E-state index in [0.717, 1.165) is 5.56 Å². The molecule has 0 fully saturated rings. The number of aliphatic hydroxyl groups is 1. The van der Waals surface area contributed by atoms with Crippen LogP contribution in [0, 0.1) is 0 Å². The first kappa shape index (κ1) is 17.4. The van der Waals surface area contributed by atoms with E-state index in [1.54, 1.807) is 29.5 Å². The highest BCUT2D eigenvalue weighted by molar-refractivity contribution is 7.12. The van der Waals surface area contributed by atoms with Crippen LogP contribution >= 0.6 is 11.3 Å². The molecule has 2 aromatic rings. The molecule has 1 N–H and O–H groups in total. The minimum Gasteiger partial charge on any atom is -0.503 e. The molecular weight excluding hydrogens is 338 g/mol. The third-order valence-corrected chi connectivity index (χ3v) is 5.02. The maximum Gasteiger partial charge on any atom is 0.290 e. The summed E-state index contributed by atoms with van der Waals surface area (Å²) in [6.45, 7) is 0.901. The highest BCUT2D eigenvalue weighted by atomic mass is 32.1. The van der Waals surface area contributed by atoms with Gasteiger partial charge in [0.1, 0.15) is 0 Å². The predicted octanol–water partition coefficient (Wildman–Crippen LogP) is 3.36. The Morgan fingerprint density at radius 3 is 2.64 bits per heavy atom. The molecule has 0 spiro atoms. The SMILES string of the molecule is COCCCN1C(=O)C(O)=C(C(=O)c2cccs2)[C@H]1c1ccccc1. The Balaban J connectivity index is 2.01. The van der Waals surface area contributed by atoms with Crippen LogP contribution in [0.1, 0.15) is 27.7 Å². The number of Topliss-reactive ketones (excluding diaryl/α,β-unsaturated/α-hetero) is 1. The van der Waals surface area contributed by atoms with E-state index in [2.05, 4.69) is 0 Å². The lowest BCUT2D eigenvalue weighted by molar-refractivity contribution is -0.129. The summed E-state index contributed by atoms with van der Waals surface area (Å²) < 4.78 is 5.06. The van der Waals surface area contributed by atoms with Gasteiger partial charge in [-0.25, -0.2) is 0 Å². The van der Waals surface area contributed by atoms with Crippen molar-refractivity contribution < 1.29 is 19.4 Å². The standard InChI is InChI=1S/C19H19NO4S/c1-24-11-6-10-20-16(13-7-3-2-4-8-13)15(18(22)19(20)23)17(21)14-9-5-12-25-14/h2-5,7-9,12,16,22H,6,10-11H2,1H3/t16-/m1/s1. The molecule has 0 saturated heterocycles. The van der Waals surface area contributed by atoms with Crippen LogP contribution in [0.4, 0.5) is 0 Å². The van der Waals surface area contributed by atoms with Gasteiger partial charge in [0.25, 0.3) is 5.91 Å². The van der Waals surface area contributed by atoms with Crippen molar-refractivity contribution in [2.24, 2.45) is 0 Å². The lowest BCUT2D eigenvalue weighted by atomic mass is 9.95. The lowest BCUT2D eigenvalue weighted by Crippen LogP contribution is -2.32. The highest BCUT2D eigenvalue weighted by Gasteiger charge is 2.43. The summed E-state index contributed by atoms with van der Waals surface area (Å²) in [6.07, 6.45) is 0.624. The number of rotatable bonds is 7. The molecule has 6 heteroatoms. The number of ketones is 1. The number of aliphatic hydroxyl groups excluding tert-OH is 1. The highest BCUT2D eigenvalue weighted by Crippen LogP contribution is 2.39. The van der Waals surface area contributed by atoms with E-state index in [-0.39, 0.29) is 11.4 Å². The second kappa shape index (κ2) is 7.63. The first-order valence-corrected chi connectivity index (χ1v) is 8.89. The number of methoxy groups -OCH3 is 1. The Morgan fingerprint density at radius 1 is 1.24 bits per heavy atom. The zero-order chi connectivity index (χ0) is 17.8. The van der Waals surface area contributed by atoms with Crippen molar-refractivity contribution in [3.63, 3.8) is 0 Å². The van der Waals surface area contributed by atoms with Crippen molar-refractivity contribution in [3.8, 4) is 0 Å². The summed E-state index contributed by atoms with van der Waals surface area (Å²) >= 11 is 1.30. The van der Waals surface area contributed by atoms with E-state index >= 15 is 0 Å². The van der Waals surface area contributed by atoms with Gasteiger partial charge >= 0.3 is 0 Å². The number of hydrogen-bond acceptors (Lipinski definition) is 5. The number of nitrogens with zero attached hydrogens (tertiary/aromatic N) is 1. The Morgan fingerprint density at radius 2 is 2.00 bits per heavy atom. The molecule has 1 aromatic carbocycles. The van der Waals surface area contributed by atoms with Gasteiger partial charge in [-0.1, -0.05) is 36.4 Å². The second-order valence-corrected chi connectivity index (χ2v) is 6.67. The Hall–Kier alpha value is -2.44. The van der Waals surface area contributed by atoms with Crippen LogP contribution in [0.15, 0.2) is 59.2 Å². The quantitative estimate of drug-likeness (QED) is 0.609. The minimum atomic E-state index is -0.583. The zero-order valence-electron chi connectivity index (χ0n) is 13.8. The zero-order valence-corrected chi connectivity index (χ0v) is 14.7. The number of carbonyl (C=O) groups excluding carboxylic acids is 2. The van der Waals surface area contributed by atoms with Crippen LogP contribution in [-0.2, 0) is 9.53 Å². The number of amides is 1. The van der Waals surface area contributed by atoms with Crippen molar-refractivity contribution in [2.45, 2.75) is 12.5 Å². The van der Waals surface area contributed by atoms with Crippen LogP contribution in [0.2, 0.25) is 0 Å². The van der Waals surface area contributed by atoms with Crippen molar-refractivity contribution in [2.75, 3.05) is 20.3 Å². The maximum atomic E-state index is 12.9. The average molecular weight is 357 g/mol. The van der Waals surface area contributed by atoms with E-state index in [0.29, 0.717) is 24.4 Å². The predicted molar refractivity (Wildman–Crippen MR) is 95.7 cm³/mol. The molecule has 1 aliphatic heterocycles. The fraction of sp³-hybridized carbons (Fsp3) is 0.263. The third-order valence-electron chi connectivity index (χ3n) is 4.16. The van der Waals surface area contributed by atoms with E-state index in [4.69, 9.17) is 4.74 Å². The number of ether oxygens (including phenoxy) is 1. The van der Waals surface area contributed by atoms with Crippen LogP contribution < -0.4 is 0 Å². The summed E-state index contributed by atoms with van der Waals surface area (Å²) in [4.78, 5) is 27.6. The number of carbonyl (C=O) groups is 2. The molecule has 1 atom stereocenters. The van der Waals surface area contributed by atoms with Gasteiger partial charge < -0.3 is 14.7 Å². The van der Waals surface area contributed by atoms with E-state index < -0.39 is 17.7 Å². The van der Waals surface area contributed by atoms with Crippen LogP contribution in [0.3, 0.4) is 0 Å². The monoisotopic (exact) mass is 357 g/mol. The van der Waals surface area contributed by atoms with Gasteiger partial charge in [-0.15, -0.1) is 11.3 Å². The molecule has 25 heavy (non-hydrogen) atoms. The van der Waals surface area contributed by atoms with Gasteiger partial charge in [0, 0.05) is 20.3 Å². The van der Waals surface area contributed by atoms with Gasteiger partial charge in [0.15, 0.2) is 5.76 Å². The van der Waals surface area contributed by atoms with Gasteiger partial charge in [-0.05, 0) is 23.4 Å². The topological polar surface area (TPSA) is 66.8 Å². The summed E-state index contributed by atoms with van der Waals surface area (Å²) in [5.74, 6) is -1.27. The number of thiophene rings is 1. The molecule has 1 aliphatic rings. The molecule has 1 aromatic heterocycles. The van der Waals surface area contributed by atoms with Crippen molar-refractivity contribution in [1.82, 2.24) is 4.90 Å². The maximum absolute atomic E-state index is 12.9. The summed E-state index contributed by atoms with van der Waals surface area (Å²) in [7, 11) is 1.60. The Kier molecular flexibility index (Phi) is 5.31. The largest absolute Gasteiger partial charge is 0.503 e. The molecule has 0 aliphatic carbocycles. The van der Waals surface area contributed by atoms with Gasteiger partial charge in [0.2, 0.25) is 5.78 Å². The molecule has 3 rings (SSSR count). The van der Waals surface area contributed by atoms with E-state index in [9.17, 15) is 14.7 Å². The fourth-order valence-electron chi connectivity index (χ4n) is 3.02. The van der Waals surface area contributed by atoms with Crippen molar-refractivity contribution in [3.05, 3.63) is 69.6 Å². The molecule has 0 unspecified atom stereocenters. The molecule has 5 nitrogen and oxygen atoms in total. The molecule has 0 saturated carbocycles. The van der Waals surface area contributed by atoms with Crippen molar-refractivity contribution >= 4 is 23.0 Å². The number of hydrogen-bond donors (Lipinski definition) is 1. The average Bonchev–Trinajstić information content (AvgIpc) is 3.25. The molecule has 1 amide bonds. The lowest BCUT2D eigenvalue weighted by Gasteiger charge is -2.26. The molecule has 2 heterocycles. The van der Waals surface area contributed by atoms with E-state index in [1.807, 2.05) is 30.3 Å². The fourth-order valence-corrected chi connectivity index (χ4v) is 3.70. The van der Waals surface area contributed by atoms with Gasteiger partial charge in [-0.2, -0.15) is 0 Å². The molecule has 0 radical (unpaired) electrons. The number of benzene rings is 1. The molecule has 130 valence electrons.